The summed E-state index contributed by atoms with van der Waals surface area (Å²) in [7, 11) is 0. The van der Waals surface area contributed by atoms with Crippen molar-refractivity contribution in [1.29, 1.82) is 0 Å². The summed E-state index contributed by atoms with van der Waals surface area (Å²) in [5, 5.41) is 8.90. The number of rotatable bonds is 5. The van der Waals surface area contributed by atoms with Crippen LogP contribution in [0.5, 0.6) is 5.75 Å². The lowest BCUT2D eigenvalue weighted by molar-refractivity contribution is -0.140. The summed E-state index contributed by atoms with van der Waals surface area (Å²) in [5.41, 5.74) is 2.37. The second kappa shape index (κ2) is 10.2. The number of ether oxygens (including phenoxy) is 1. The van der Waals surface area contributed by atoms with Gasteiger partial charge in [-0.2, -0.15) is 0 Å². The van der Waals surface area contributed by atoms with Gasteiger partial charge in [-0.1, -0.05) is 48.5 Å². The molecule has 0 unspecified atom stereocenters. The van der Waals surface area contributed by atoms with Crippen molar-refractivity contribution in [3.05, 3.63) is 78.4 Å². The van der Waals surface area contributed by atoms with Crippen molar-refractivity contribution in [1.82, 2.24) is 0 Å². The van der Waals surface area contributed by atoms with Crippen molar-refractivity contribution in [2.45, 2.75) is 19.8 Å². The van der Waals surface area contributed by atoms with E-state index in [4.69, 9.17) is 9.84 Å². The third-order valence-electron chi connectivity index (χ3n) is 2.86. The molecule has 0 bridgehead atoms. The second-order valence-corrected chi connectivity index (χ2v) is 4.73. The number of benzene rings is 2. The summed E-state index contributed by atoms with van der Waals surface area (Å²) in [6.45, 7) is 5.51. The average Bonchev–Trinajstić information content (AvgIpc) is 2.51. The lowest BCUT2D eigenvalue weighted by Crippen LogP contribution is -2.02. The Hall–Kier alpha value is -2.55. The predicted molar refractivity (Wildman–Crippen MR) is 88.8 cm³/mol. The Balaban J connectivity index is 0.000000224. The van der Waals surface area contributed by atoms with Crippen molar-refractivity contribution >= 4 is 5.97 Å². The maximum atomic E-state index is 10.4. The van der Waals surface area contributed by atoms with Crippen LogP contribution < -0.4 is 0 Å². The highest BCUT2D eigenvalue weighted by atomic mass is 16.5. The Morgan fingerprint density at radius 1 is 1.09 bits per heavy atom. The molecule has 2 aromatic carbocycles. The van der Waals surface area contributed by atoms with E-state index in [1.165, 1.54) is 18.1 Å². The first-order valence-electron chi connectivity index (χ1n) is 7.18. The maximum absolute atomic E-state index is 10.4. The molecule has 2 aromatic rings. The van der Waals surface area contributed by atoms with Crippen LogP contribution in [0.4, 0.5) is 0 Å². The van der Waals surface area contributed by atoms with Crippen molar-refractivity contribution in [2.75, 3.05) is 6.61 Å². The van der Waals surface area contributed by atoms with Gasteiger partial charge in [-0.15, -0.1) is 6.58 Å². The molecule has 0 saturated carbocycles. The van der Waals surface area contributed by atoms with Crippen LogP contribution in [-0.4, -0.2) is 17.7 Å². The predicted octanol–water partition coefficient (Wildman–Crippen LogP) is 3.91. The van der Waals surface area contributed by atoms with Gasteiger partial charge in [-0.25, -0.2) is 0 Å². The molecule has 0 fully saturated rings. The molecule has 3 nitrogen and oxygen atoms in total. The fraction of sp³-hybridized carbons (Fsp3) is 0.211. The zero-order valence-electron chi connectivity index (χ0n) is 12.9. The molecule has 0 saturated heterocycles. The van der Waals surface area contributed by atoms with Crippen LogP contribution in [0.1, 0.15) is 18.1 Å². The van der Waals surface area contributed by atoms with Crippen LogP contribution in [0, 0.1) is 0 Å². The smallest absolute Gasteiger partial charge is 0.302 e. The molecule has 0 aromatic heterocycles. The summed E-state index contributed by atoms with van der Waals surface area (Å²) in [5.74, 6) is 0.0961. The molecule has 0 amide bonds. The zero-order chi connectivity index (χ0) is 16.2. The van der Waals surface area contributed by atoms with E-state index in [0.717, 1.165) is 12.8 Å². The number of carbonyl (C=O) groups excluding carboxylic acids is 1. The number of phenols is 1. The van der Waals surface area contributed by atoms with Gasteiger partial charge in [-0.3, -0.25) is 4.79 Å². The van der Waals surface area contributed by atoms with Gasteiger partial charge in [0.25, 0.3) is 0 Å². The van der Waals surface area contributed by atoms with E-state index in [9.17, 15) is 4.79 Å². The van der Waals surface area contributed by atoms with Crippen molar-refractivity contribution < 1.29 is 14.6 Å². The van der Waals surface area contributed by atoms with Gasteiger partial charge in [0.05, 0.1) is 6.61 Å². The quantitative estimate of drug-likeness (QED) is 0.672. The van der Waals surface area contributed by atoms with Crippen LogP contribution in [0.25, 0.3) is 0 Å². The molecule has 0 aliphatic rings. The van der Waals surface area contributed by atoms with Gasteiger partial charge < -0.3 is 9.84 Å². The van der Waals surface area contributed by atoms with Gasteiger partial charge in [0, 0.05) is 13.3 Å². The molecule has 2 rings (SSSR count). The van der Waals surface area contributed by atoms with Gasteiger partial charge >= 0.3 is 5.97 Å². The van der Waals surface area contributed by atoms with E-state index in [-0.39, 0.29) is 5.97 Å². The first-order valence-corrected chi connectivity index (χ1v) is 7.18. The van der Waals surface area contributed by atoms with Crippen LogP contribution >= 0.6 is 0 Å². The number of phenolic OH excluding ortho intramolecular Hbond substituents is 1. The fourth-order valence-electron chi connectivity index (χ4n) is 1.76. The van der Waals surface area contributed by atoms with E-state index in [1.807, 2.05) is 48.5 Å². The molecule has 3 heteroatoms. The average molecular weight is 298 g/mol. The number of carbonyl (C=O) groups is 1. The van der Waals surface area contributed by atoms with E-state index in [0.29, 0.717) is 12.4 Å². The van der Waals surface area contributed by atoms with Gasteiger partial charge in [0.2, 0.25) is 0 Å². The minimum atomic E-state index is -0.217. The number of allylic oxidation sites excluding steroid dienone is 1. The van der Waals surface area contributed by atoms with Crippen LogP contribution in [0.3, 0.4) is 0 Å². The highest BCUT2D eigenvalue weighted by Crippen LogP contribution is 2.09. The minimum absolute atomic E-state index is 0.217. The Bertz CT molecular complexity index is 559. The van der Waals surface area contributed by atoms with Gasteiger partial charge in [0.1, 0.15) is 5.75 Å². The molecule has 0 aliphatic carbocycles. The molecule has 116 valence electrons. The summed E-state index contributed by atoms with van der Waals surface area (Å²) < 4.78 is 4.81. The third kappa shape index (κ3) is 7.90. The van der Waals surface area contributed by atoms with Crippen LogP contribution in [0.2, 0.25) is 0 Å². The van der Waals surface area contributed by atoms with Crippen molar-refractivity contribution in [3.8, 4) is 5.75 Å². The number of aromatic hydroxyl groups is 1. The normalized spacial score (nSPS) is 9.32. The Morgan fingerprint density at radius 2 is 1.73 bits per heavy atom. The van der Waals surface area contributed by atoms with E-state index in [1.54, 1.807) is 12.1 Å². The molecular formula is C19H22O3. The molecule has 0 radical (unpaired) electrons. The number of hydrogen-bond acceptors (Lipinski definition) is 3. The topological polar surface area (TPSA) is 46.5 Å². The molecule has 22 heavy (non-hydrogen) atoms. The SMILES string of the molecule is C=CCc1ccc(O)cc1.CC(=O)OCCc1ccccc1. The summed E-state index contributed by atoms with van der Waals surface area (Å²) in [4.78, 5) is 10.4. The number of hydrogen-bond donors (Lipinski definition) is 1. The largest absolute Gasteiger partial charge is 0.508 e. The van der Waals surface area contributed by atoms with Crippen molar-refractivity contribution in [3.63, 3.8) is 0 Å². The van der Waals surface area contributed by atoms with Crippen LogP contribution in [0.15, 0.2) is 67.3 Å². The maximum Gasteiger partial charge on any atom is 0.302 e. The number of esters is 1. The Kier molecular flexibility index (Phi) is 8.13. The highest BCUT2D eigenvalue weighted by molar-refractivity contribution is 5.65. The van der Waals surface area contributed by atoms with Crippen LogP contribution in [-0.2, 0) is 22.4 Å². The summed E-state index contributed by atoms with van der Waals surface area (Å²) in [6, 6.07) is 17.1. The minimum Gasteiger partial charge on any atom is -0.508 e. The first-order chi connectivity index (χ1) is 10.6. The highest BCUT2D eigenvalue weighted by Gasteiger charge is 1.93. The van der Waals surface area contributed by atoms with Crippen molar-refractivity contribution in [2.24, 2.45) is 0 Å². The van der Waals surface area contributed by atoms with E-state index >= 15 is 0 Å². The van der Waals surface area contributed by atoms with E-state index in [2.05, 4.69) is 6.58 Å². The first kappa shape index (κ1) is 17.5. The second-order valence-electron chi connectivity index (χ2n) is 4.73. The Labute approximate surface area is 131 Å². The monoisotopic (exact) mass is 298 g/mol. The van der Waals surface area contributed by atoms with Gasteiger partial charge in [0.15, 0.2) is 0 Å². The summed E-state index contributed by atoms with van der Waals surface area (Å²) in [6.07, 6.45) is 3.49. The lowest BCUT2D eigenvalue weighted by Gasteiger charge is -2.00. The summed E-state index contributed by atoms with van der Waals surface area (Å²) >= 11 is 0. The lowest BCUT2D eigenvalue weighted by atomic mass is 10.1. The standard InChI is InChI=1S/C10H12O2.C9H10O/c1-9(11)12-8-7-10-5-3-2-4-6-10;1-2-3-8-4-6-9(10)7-5-8/h2-6H,7-8H2,1H3;2,4-7,10H,1,3H2. The molecule has 0 aliphatic heterocycles. The van der Waals surface area contributed by atoms with Gasteiger partial charge in [-0.05, 0) is 29.7 Å². The fourth-order valence-corrected chi connectivity index (χ4v) is 1.76. The zero-order valence-corrected chi connectivity index (χ0v) is 12.9. The molecular weight excluding hydrogens is 276 g/mol. The Morgan fingerprint density at radius 3 is 2.27 bits per heavy atom. The van der Waals surface area contributed by atoms with E-state index < -0.39 is 0 Å². The molecule has 0 atom stereocenters. The molecule has 1 N–H and O–H groups in total. The molecule has 0 spiro atoms. The third-order valence-corrected chi connectivity index (χ3v) is 2.86. The molecule has 0 heterocycles.